The molecule has 1 aromatic rings. The van der Waals surface area contributed by atoms with Crippen molar-refractivity contribution in [3.8, 4) is 11.5 Å². The lowest BCUT2D eigenvalue weighted by atomic mass is 10.1. The van der Waals surface area contributed by atoms with Crippen LogP contribution in [0.5, 0.6) is 11.5 Å². The Morgan fingerprint density at radius 3 is 2.71 bits per heavy atom. The molecule has 0 saturated carbocycles. The molecule has 7 nitrogen and oxygen atoms in total. The summed E-state index contributed by atoms with van der Waals surface area (Å²) in [6.45, 7) is 3.44. The Hall–Kier alpha value is -2.28. The third kappa shape index (κ3) is 3.79. The molecule has 0 aromatic heterocycles. The Morgan fingerprint density at radius 1 is 1.21 bits per heavy atom. The zero-order valence-electron chi connectivity index (χ0n) is 13.9. The van der Waals surface area contributed by atoms with Crippen molar-refractivity contribution < 1.29 is 19.1 Å². The van der Waals surface area contributed by atoms with Crippen molar-refractivity contribution >= 4 is 11.8 Å². The second-order valence-electron chi connectivity index (χ2n) is 6.00. The summed E-state index contributed by atoms with van der Waals surface area (Å²) in [7, 11) is 1.60. The van der Waals surface area contributed by atoms with Crippen LogP contribution in [0.3, 0.4) is 0 Å². The number of nitrogens with zero attached hydrogens (tertiary/aromatic N) is 2. The Kier molecular flexibility index (Phi) is 5.20. The number of nitrogens with one attached hydrogen (secondary N) is 1. The molecule has 2 amide bonds. The third-order valence-corrected chi connectivity index (χ3v) is 4.48. The molecule has 1 N–H and O–H groups in total. The van der Waals surface area contributed by atoms with Crippen molar-refractivity contribution in [2.45, 2.75) is 12.5 Å². The number of hydrogen-bond acceptors (Lipinski definition) is 5. The number of methoxy groups -OCH3 is 1. The smallest absolute Gasteiger partial charge is 0.260 e. The molecule has 2 aliphatic heterocycles. The molecule has 0 radical (unpaired) electrons. The Balaban J connectivity index is 1.56. The Labute approximate surface area is 141 Å². The summed E-state index contributed by atoms with van der Waals surface area (Å²) in [6.07, 6.45) is 0.873. The minimum absolute atomic E-state index is 0.0111. The minimum atomic E-state index is -0.244. The number of hydrogen-bond donors (Lipinski definition) is 1. The van der Waals surface area contributed by atoms with Crippen molar-refractivity contribution in [3.05, 3.63) is 24.3 Å². The van der Waals surface area contributed by atoms with Crippen molar-refractivity contribution in [3.63, 3.8) is 0 Å². The first-order chi connectivity index (χ1) is 11.7. The van der Waals surface area contributed by atoms with Gasteiger partial charge in [0.15, 0.2) is 6.61 Å². The maximum Gasteiger partial charge on any atom is 0.260 e. The summed E-state index contributed by atoms with van der Waals surface area (Å²) in [5, 5.41) is 2.88. The van der Waals surface area contributed by atoms with Gasteiger partial charge in [0.2, 0.25) is 5.91 Å². The molecule has 0 bridgehead atoms. The fourth-order valence-corrected chi connectivity index (χ4v) is 3.13. The second kappa shape index (κ2) is 7.53. The average molecular weight is 333 g/mol. The summed E-state index contributed by atoms with van der Waals surface area (Å²) in [6, 6.07) is 6.87. The number of rotatable bonds is 4. The van der Waals surface area contributed by atoms with Gasteiger partial charge in [-0.05, 0) is 30.7 Å². The zero-order chi connectivity index (χ0) is 16.9. The molecule has 24 heavy (non-hydrogen) atoms. The Bertz CT molecular complexity index is 590. The van der Waals surface area contributed by atoms with E-state index in [1.165, 1.54) is 0 Å². The lowest BCUT2D eigenvalue weighted by Crippen LogP contribution is -2.58. The van der Waals surface area contributed by atoms with Gasteiger partial charge in [-0.1, -0.05) is 0 Å². The van der Waals surface area contributed by atoms with Gasteiger partial charge in [0.05, 0.1) is 7.11 Å². The SMILES string of the molecule is COc1ccc(OCC(=O)N2CCCN3CCNC(=O)C3C2)cc1. The van der Waals surface area contributed by atoms with Gasteiger partial charge in [-0.3, -0.25) is 14.5 Å². The van der Waals surface area contributed by atoms with Crippen LogP contribution in [0.15, 0.2) is 24.3 Å². The van der Waals surface area contributed by atoms with Gasteiger partial charge in [0.25, 0.3) is 5.91 Å². The van der Waals surface area contributed by atoms with E-state index >= 15 is 0 Å². The molecule has 0 aliphatic carbocycles. The van der Waals surface area contributed by atoms with E-state index in [0.29, 0.717) is 25.4 Å². The maximum atomic E-state index is 12.5. The van der Waals surface area contributed by atoms with Crippen LogP contribution in [0.25, 0.3) is 0 Å². The molecule has 1 unspecified atom stereocenters. The molecule has 2 saturated heterocycles. The van der Waals surface area contributed by atoms with Gasteiger partial charge in [0, 0.05) is 32.7 Å². The minimum Gasteiger partial charge on any atom is -0.497 e. The predicted octanol–water partition coefficient (Wildman–Crippen LogP) is 0.107. The molecule has 2 heterocycles. The van der Waals surface area contributed by atoms with E-state index in [4.69, 9.17) is 9.47 Å². The van der Waals surface area contributed by atoms with Crippen LogP contribution < -0.4 is 14.8 Å². The van der Waals surface area contributed by atoms with E-state index in [1.54, 1.807) is 36.3 Å². The highest BCUT2D eigenvalue weighted by molar-refractivity contribution is 5.84. The summed E-state index contributed by atoms with van der Waals surface area (Å²) in [5.74, 6) is 1.28. The highest BCUT2D eigenvalue weighted by atomic mass is 16.5. The molecular formula is C17H23N3O4. The van der Waals surface area contributed by atoms with Crippen LogP contribution in [0, 0.1) is 0 Å². The lowest BCUT2D eigenvalue weighted by Gasteiger charge is -2.34. The van der Waals surface area contributed by atoms with Crippen LogP contribution in [0.1, 0.15) is 6.42 Å². The molecular weight excluding hydrogens is 310 g/mol. The van der Waals surface area contributed by atoms with E-state index in [-0.39, 0.29) is 24.5 Å². The maximum absolute atomic E-state index is 12.5. The summed E-state index contributed by atoms with van der Waals surface area (Å²) in [5.41, 5.74) is 0. The lowest BCUT2D eigenvalue weighted by molar-refractivity contribution is -0.135. The predicted molar refractivity (Wildman–Crippen MR) is 88.1 cm³/mol. The first-order valence-electron chi connectivity index (χ1n) is 8.24. The van der Waals surface area contributed by atoms with Crippen molar-refractivity contribution in [2.24, 2.45) is 0 Å². The van der Waals surface area contributed by atoms with E-state index in [2.05, 4.69) is 10.2 Å². The molecule has 2 fully saturated rings. The van der Waals surface area contributed by atoms with Gasteiger partial charge < -0.3 is 19.7 Å². The number of amides is 2. The fraction of sp³-hybridized carbons (Fsp3) is 0.529. The van der Waals surface area contributed by atoms with Crippen LogP contribution in [-0.2, 0) is 9.59 Å². The normalized spacial score (nSPS) is 21.5. The van der Waals surface area contributed by atoms with E-state index in [9.17, 15) is 9.59 Å². The molecule has 2 aliphatic rings. The fourth-order valence-electron chi connectivity index (χ4n) is 3.13. The van der Waals surface area contributed by atoms with Crippen LogP contribution >= 0.6 is 0 Å². The van der Waals surface area contributed by atoms with Gasteiger partial charge in [-0.2, -0.15) is 0 Å². The van der Waals surface area contributed by atoms with E-state index in [1.807, 2.05) is 0 Å². The van der Waals surface area contributed by atoms with Crippen molar-refractivity contribution in [2.75, 3.05) is 46.4 Å². The average Bonchev–Trinajstić information content (AvgIpc) is 2.84. The van der Waals surface area contributed by atoms with E-state index in [0.717, 1.165) is 25.3 Å². The zero-order valence-corrected chi connectivity index (χ0v) is 13.9. The molecule has 3 rings (SSSR count). The van der Waals surface area contributed by atoms with Crippen molar-refractivity contribution in [1.29, 1.82) is 0 Å². The molecule has 7 heteroatoms. The number of piperazine rings is 1. The highest BCUT2D eigenvalue weighted by Gasteiger charge is 2.34. The van der Waals surface area contributed by atoms with Crippen LogP contribution in [-0.4, -0.2) is 74.1 Å². The van der Waals surface area contributed by atoms with E-state index < -0.39 is 0 Å². The summed E-state index contributed by atoms with van der Waals surface area (Å²) in [4.78, 5) is 28.4. The quantitative estimate of drug-likeness (QED) is 0.847. The van der Waals surface area contributed by atoms with Crippen molar-refractivity contribution in [1.82, 2.24) is 15.1 Å². The number of carbonyl (C=O) groups excluding carboxylic acids is 2. The molecule has 1 aromatic carbocycles. The van der Waals surface area contributed by atoms with Gasteiger partial charge in [-0.25, -0.2) is 0 Å². The third-order valence-electron chi connectivity index (χ3n) is 4.48. The summed E-state index contributed by atoms with van der Waals surface area (Å²) >= 11 is 0. The van der Waals surface area contributed by atoms with Crippen LogP contribution in [0.4, 0.5) is 0 Å². The summed E-state index contributed by atoms with van der Waals surface area (Å²) < 4.78 is 10.7. The number of benzene rings is 1. The number of carbonyl (C=O) groups is 2. The number of ether oxygens (including phenoxy) is 2. The highest BCUT2D eigenvalue weighted by Crippen LogP contribution is 2.17. The second-order valence-corrected chi connectivity index (χ2v) is 6.00. The van der Waals surface area contributed by atoms with Gasteiger partial charge in [0.1, 0.15) is 17.5 Å². The van der Waals surface area contributed by atoms with Crippen LogP contribution in [0.2, 0.25) is 0 Å². The Morgan fingerprint density at radius 2 is 1.96 bits per heavy atom. The largest absolute Gasteiger partial charge is 0.497 e. The topological polar surface area (TPSA) is 71.1 Å². The first-order valence-corrected chi connectivity index (χ1v) is 8.24. The number of fused-ring (bicyclic) bond motifs is 1. The molecule has 130 valence electrons. The molecule has 1 atom stereocenters. The standard InChI is InChI=1S/C17H23N3O4/c1-23-13-3-5-14(6-4-13)24-12-16(21)20-9-2-8-19-10-7-18-17(22)15(19)11-20/h3-6,15H,2,7-12H2,1H3,(H,18,22). The van der Waals surface area contributed by atoms with Gasteiger partial charge in [-0.15, -0.1) is 0 Å². The van der Waals surface area contributed by atoms with Gasteiger partial charge >= 0.3 is 0 Å². The monoisotopic (exact) mass is 333 g/mol. The molecule has 0 spiro atoms. The first kappa shape index (κ1) is 16.6.